The molecule has 0 aliphatic rings. The van der Waals surface area contributed by atoms with Crippen LogP contribution in [0, 0.1) is 0 Å². The highest BCUT2D eigenvalue weighted by molar-refractivity contribution is 5.72. The Labute approximate surface area is 77.3 Å². The van der Waals surface area contributed by atoms with E-state index in [0.29, 0.717) is 18.0 Å². The molecule has 0 heterocycles. The number of hydrogen-bond acceptors (Lipinski definition) is 4. The molecule has 0 aliphatic carbocycles. The fourth-order valence-electron chi connectivity index (χ4n) is 1.07. The number of aliphatic hydroxyl groups is 1. The molecule has 1 aromatic rings. The average Bonchev–Trinajstić information content (AvgIpc) is 2.16. The van der Waals surface area contributed by atoms with E-state index in [1.54, 1.807) is 13.2 Å². The van der Waals surface area contributed by atoms with E-state index >= 15 is 0 Å². The summed E-state index contributed by atoms with van der Waals surface area (Å²) in [7, 11) is 1.57. The van der Waals surface area contributed by atoms with E-state index < -0.39 is 0 Å². The normalized spacial score (nSPS) is 9.69. The molecular weight excluding hydrogens is 168 g/mol. The molecule has 0 bridgehead atoms. The molecule has 0 saturated carbocycles. The Kier molecular flexibility index (Phi) is 3.40. The van der Waals surface area contributed by atoms with Crippen molar-refractivity contribution in [3.8, 4) is 5.75 Å². The summed E-state index contributed by atoms with van der Waals surface area (Å²) in [5.74, 6) is 0.642. The molecule has 0 aromatic heterocycles. The van der Waals surface area contributed by atoms with Gasteiger partial charge in [-0.25, -0.2) is 0 Å². The first-order chi connectivity index (χ1) is 6.29. The molecule has 4 N–H and O–H groups in total. The van der Waals surface area contributed by atoms with E-state index in [1.807, 2.05) is 12.1 Å². The van der Waals surface area contributed by atoms with Gasteiger partial charge in [0.25, 0.3) is 0 Å². The number of nitrogen functional groups attached to an aromatic ring is 1. The summed E-state index contributed by atoms with van der Waals surface area (Å²) in [6, 6.07) is 5.47. The highest BCUT2D eigenvalue weighted by atomic mass is 16.5. The lowest BCUT2D eigenvalue weighted by Crippen LogP contribution is -2.07. The van der Waals surface area contributed by atoms with Crippen molar-refractivity contribution in [2.75, 3.05) is 31.3 Å². The van der Waals surface area contributed by atoms with E-state index in [9.17, 15) is 0 Å². The van der Waals surface area contributed by atoms with Gasteiger partial charge < -0.3 is 20.9 Å². The summed E-state index contributed by atoms with van der Waals surface area (Å²) >= 11 is 0. The lowest BCUT2D eigenvalue weighted by molar-refractivity contribution is 0.311. The van der Waals surface area contributed by atoms with Crippen LogP contribution in [0.25, 0.3) is 0 Å². The number of rotatable bonds is 4. The maximum atomic E-state index is 8.61. The molecule has 0 atom stereocenters. The number of aliphatic hydroxyl groups excluding tert-OH is 1. The molecule has 13 heavy (non-hydrogen) atoms. The Morgan fingerprint density at radius 2 is 2.31 bits per heavy atom. The molecule has 0 fully saturated rings. The van der Waals surface area contributed by atoms with Crippen LogP contribution < -0.4 is 15.8 Å². The third kappa shape index (κ3) is 2.26. The Hall–Kier alpha value is -1.42. The highest BCUT2D eigenvalue weighted by Gasteiger charge is 2.02. The molecule has 0 aliphatic heterocycles. The Balaban J connectivity index is 2.81. The summed E-state index contributed by atoms with van der Waals surface area (Å²) in [6.45, 7) is 0.564. The van der Waals surface area contributed by atoms with Gasteiger partial charge in [-0.15, -0.1) is 0 Å². The molecule has 4 nitrogen and oxygen atoms in total. The van der Waals surface area contributed by atoms with E-state index in [-0.39, 0.29) is 6.61 Å². The average molecular weight is 182 g/mol. The van der Waals surface area contributed by atoms with Crippen LogP contribution in [0.3, 0.4) is 0 Å². The van der Waals surface area contributed by atoms with Crippen LogP contribution >= 0.6 is 0 Å². The first-order valence-corrected chi connectivity index (χ1v) is 4.06. The topological polar surface area (TPSA) is 67.5 Å². The maximum absolute atomic E-state index is 8.61. The van der Waals surface area contributed by atoms with Crippen molar-refractivity contribution in [2.24, 2.45) is 0 Å². The first-order valence-electron chi connectivity index (χ1n) is 4.06. The second kappa shape index (κ2) is 4.57. The number of hydrogen-bond donors (Lipinski definition) is 3. The minimum absolute atomic E-state index is 0.0800. The summed E-state index contributed by atoms with van der Waals surface area (Å²) in [5, 5.41) is 11.6. The summed E-state index contributed by atoms with van der Waals surface area (Å²) < 4.78 is 5.04. The summed E-state index contributed by atoms with van der Waals surface area (Å²) in [4.78, 5) is 0. The van der Waals surface area contributed by atoms with Crippen molar-refractivity contribution in [2.45, 2.75) is 0 Å². The minimum atomic E-state index is 0.0800. The number of para-hydroxylation sites is 1. The summed E-state index contributed by atoms with van der Waals surface area (Å²) in [5.41, 5.74) is 7.12. The van der Waals surface area contributed by atoms with Gasteiger partial charge in [-0.1, -0.05) is 6.07 Å². The molecule has 0 amide bonds. The van der Waals surface area contributed by atoms with Crippen LogP contribution in [-0.4, -0.2) is 25.4 Å². The predicted molar refractivity (Wildman–Crippen MR) is 53.0 cm³/mol. The van der Waals surface area contributed by atoms with Crippen molar-refractivity contribution in [3.05, 3.63) is 18.2 Å². The van der Waals surface area contributed by atoms with Crippen LogP contribution in [0.15, 0.2) is 18.2 Å². The first kappa shape index (κ1) is 9.67. The van der Waals surface area contributed by atoms with Crippen LogP contribution in [0.2, 0.25) is 0 Å². The number of nitrogens with one attached hydrogen (secondary N) is 1. The number of ether oxygens (including phenoxy) is 1. The third-order valence-electron chi connectivity index (χ3n) is 1.71. The number of methoxy groups -OCH3 is 1. The van der Waals surface area contributed by atoms with E-state index in [2.05, 4.69) is 5.32 Å². The fourth-order valence-corrected chi connectivity index (χ4v) is 1.07. The van der Waals surface area contributed by atoms with E-state index in [0.717, 1.165) is 5.69 Å². The maximum Gasteiger partial charge on any atom is 0.143 e. The van der Waals surface area contributed by atoms with Crippen LogP contribution in [-0.2, 0) is 0 Å². The van der Waals surface area contributed by atoms with Gasteiger partial charge in [0.15, 0.2) is 0 Å². The molecule has 72 valence electrons. The molecule has 0 saturated heterocycles. The van der Waals surface area contributed by atoms with Crippen molar-refractivity contribution in [1.82, 2.24) is 0 Å². The third-order valence-corrected chi connectivity index (χ3v) is 1.71. The number of nitrogens with two attached hydrogens (primary N) is 1. The smallest absolute Gasteiger partial charge is 0.143 e. The van der Waals surface area contributed by atoms with Crippen molar-refractivity contribution >= 4 is 11.4 Å². The molecule has 0 unspecified atom stereocenters. The van der Waals surface area contributed by atoms with Gasteiger partial charge in [0.05, 0.1) is 25.1 Å². The quantitative estimate of drug-likeness (QED) is 0.599. The van der Waals surface area contributed by atoms with Crippen molar-refractivity contribution in [3.63, 3.8) is 0 Å². The second-order valence-electron chi connectivity index (χ2n) is 2.57. The highest BCUT2D eigenvalue weighted by Crippen LogP contribution is 2.28. The Bertz CT molecular complexity index is 276. The lowest BCUT2D eigenvalue weighted by atomic mass is 10.2. The van der Waals surface area contributed by atoms with Gasteiger partial charge >= 0.3 is 0 Å². The van der Waals surface area contributed by atoms with E-state index in [1.165, 1.54) is 0 Å². The zero-order valence-electron chi connectivity index (χ0n) is 7.58. The standard InChI is InChI=1S/C9H14N2O2/c1-13-8-4-2-3-7(9(8)10)11-5-6-12/h2-4,11-12H,5-6,10H2,1H3. The Morgan fingerprint density at radius 3 is 2.92 bits per heavy atom. The lowest BCUT2D eigenvalue weighted by Gasteiger charge is -2.10. The zero-order valence-corrected chi connectivity index (χ0v) is 7.58. The van der Waals surface area contributed by atoms with Gasteiger partial charge in [-0.05, 0) is 12.1 Å². The predicted octanol–water partition coefficient (Wildman–Crippen LogP) is 0.682. The molecule has 0 radical (unpaired) electrons. The van der Waals surface area contributed by atoms with Gasteiger partial charge in [-0.2, -0.15) is 0 Å². The van der Waals surface area contributed by atoms with Crippen LogP contribution in [0.1, 0.15) is 0 Å². The molecule has 1 aromatic carbocycles. The van der Waals surface area contributed by atoms with Gasteiger partial charge in [0.2, 0.25) is 0 Å². The van der Waals surface area contributed by atoms with Crippen LogP contribution in [0.5, 0.6) is 5.75 Å². The van der Waals surface area contributed by atoms with Gasteiger partial charge in [0.1, 0.15) is 5.75 Å². The van der Waals surface area contributed by atoms with Gasteiger partial charge in [-0.3, -0.25) is 0 Å². The molecule has 4 heteroatoms. The second-order valence-corrected chi connectivity index (χ2v) is 2.57. The minimum Gasteiger partial charge on any atom is -0.495 e. The largest absolute Gasteiger partial charge is 0.495 e. The van der Waals surface area contributed by atoms with Crippen LogP contribution in [0.4, 0.5) is 11.4 Å². The van der Waals surface area contributed by atoms with E-state index in [4.69, 9.17) is 15.6 Å². The van der Waals surface area contributed by atoms with Crippen molar-refractivity contribution < 1.29 is 9.84 Å². The molecule has 1 rings (SSSR count). The van der Waals surface area contributed by atoms with Gasteiger partial charge in [0, 0.05) is 6.54 Å². The zero-order chi connectivity index (χ0) is 9.68. The number of benzene rings is 1. The monoisotopic (exact) mass is 182 g/mol. The molecular formula is C9H14N2O2. The Morgan fingerprint density at radius 1 is 1.54 bits per heavy atom. The fraction of sp³-hybridized carbons (Fsp3) is 0.333. The van der Waals surface area contributed by atoms with Crippen molar-refractivity contribution in [1.29, 1.82) is 0 Å². The molecule has 0 spiro atoms. The SMILES string of the molecule is COc1cccc(NCCO)c1N. The summed E-state index contributed by atoms with van der Waals surface area (Å²) in [6.07, 6.45) is 0. The number of anilines is 2.